The van der Waals surface area contributed by atoms with E-state index in [9.17, 15) is 14.0 Å². The SMILES string of the molecule is CN(C)CCN(Cc1ccc(F)cc1)C(=O)C1CCN(c2ccccc2Br)C1=O. The second-order valence-corrected chi connectivity index (χ2v) is 8.33. The van der Waals surface area contributed by atoms with E-state index in [1.807, 2.05) is 43.3 Å². The normalized spacial score (nSPS) is 16.5. The van der Waals surface area contributed by atoms with E-state index in [2.05, 4.69) is 15.9 Å². The molecule has 1 atom stereocenters. The number of nitrogens with zero attached hydrogens (tertiary/aromatic N) is 3. The van der Waals surface area contributed by atoms with Crippen molar-refractivity contribution in [1.29, 1.82) is 0 Å². The Hall–Kier alpha value is -2.25. The van der Waals surface area contributed by atoms with Gasteiger partial charge in [0.1, 0.15) is 11.7 Å². The number of anilines is 1. The first kappa shape index (κ1) is 21.5. The molecular weight excluding hydrogens is 437 g/mol. The molecule has 7 heteroatoms. The first-order chi connectivity index (χ1) is 13.9. The van der Waals surface area contributed by atoms with Gasteiger partial charge in [-0.25, -0.2) is 4.39 Å². The number of rotatable bonds is 7. The van der Waals surface area contributed by atoms with Crippen LogP contribution in [0.4, 0.5) is 10.1 Å². The molecule has 2 aromatic carbocycles. The van der Waals surface area contributed by atoms with Gasteiger partial charge in [0.2, 0.25) is 11.8 Å². The first-order valence-corrected chi connectivity index (χ1v) is 10.4. The Bertz CT molecular complexity index is 873. The maximum atomic E-state index is 13.3. The van der Waals surface area contributed by atoms with Crippen LogP contribution in [0.5, 0.6) is 0 Å². The van der Waals surface area contributed by atoms with Crippen molar-refractivity contribution in [3.05, 3.63) is 64.4 Å². The molecule has 1 aliphatic rings. The van der Waals surface area contributed by atoms with Crippen LogP contribution in [0.15, 0.2) is 53.0 Å². The number of amides is 2. The molecule has 0 aliphatic carbocycles. The first-order valence-electron chi connectivity index (χ1n) is 9.60. The van der Waals surface area contributed by atoms with Crippen molar-refractivity contribution in [3.63, 3.8) is 0 Å². The van der Waals surface area contributed by atoms with E-state index in [0.29, 0.717) is 32.6 Å². The summed E-state index contributed by atoms with van der Waals surface area (Å²) < 4.78 is 14.1. The highest BCUT2D eigenvalue weighted by Crippen LogP contribution is 2.32. The summed E-state index contributed by atoms with van der Waals surface area (Å²) in [6, 6.07) is 13.7. The molecule has 3 rings (SSSR count). The van der Waals surface area contributed by atoms with Gasteiger partial charge in [-0.15, -0.1) is 0 Å². The zero-order chi connectivity index (χ0) is 21.0. The second kappa shape index (κ2) is 9.50. The summed E-state index contributed by atoms with van der Waals surface area (Å²) in [4.78, 5) is 31.7. The number of para-hydroxylation sites is 1. The highest BCUT2D eigenvalue weighted by Gasteiger charge is 2.40. The Morgan fingerprint density at radius 3 is 2.48 bits per heavy atom. The van der Waals surface area contributed by atoms with Gasteiger partial charge in [-0.3, -0.25) is 9.59 Å². The summed E-state index contributed by atoms with van der Waals surface area (Å²) in [6.45, 7) is 2.05. The summed E-state index contributed by atoms with van der Waals surface area (Å²) >= 11 is 3.49. The van der Waals surface area contributed by atoms with E-state index in [4.69, 9.17) is 0 Å². The molecule has 2 aromatic rings. The van der Waals surface area contributed by atoms with Crippen molar-refractivity contribution in [2.45, 2.75) is 13.0 Å². The van der Waals surface area contributed by atoms with Gasteiger partial charge >= 0.3 is 0 Å². The molecule has 1 aliphatic heterocycles. The van der Waals surface area contributed by atoms with E-state index in [1.54, 1.807) is 21.9 Å². The number of carbonyl (C=O) groups is 2. The van der Waals surface area contributed by atoms with E-state index in [-0.39, 0.29) is 17.6 Å². The predicted octanol–water partition coefficient (Wildman–Crippen LogP) is 3.53. The Labute approximate surface area is 179 Å². The number of likely N-dealkylation sites (N-methyl/N-ethyl adjacent to an activating group) is 1. The number of carbonyl (C=O) groups excluding carboxylic acids is 2. The van der Waals surface area contributed by atoms with E-state index >= 15 is 0 Å². The quantitative estimate of drug-likeness (QED) is 0.592. The van der Waals surface area contributed by atoms with Crippen molar-refractivity contribution in [3.8, 4) is 0 Å². The molecule has 0 bridgehead atoms. The van der Waals surface area contributed by atoms with Gasteiger partial charge in [-0.05, 0) is 66.3 Å². The van der Waals surface area contributed by atoms with E-state index < -0.39 is 5.92 Å². The lowest BCUT2D eigenvalue weighted by molar-refractivity contribution is -0.140. The molecule has 5 nitrogen and oxygen atoms in total. The third kappa shape index (κ3) is 5.22. The highest BCUT2D eigenvalue weighted by molar-refractivity contribution is 9.10. The third-order valence-electron chi connectivity index (χ3n) is 5.06. The topological polar surface area (TPSA) is 43.9 Å². The van der Waals surface area contributed by atoms with Gasteiger partial charge in [0.05, 0.1) is 5.69 Å². The number of hydrogen-bond donors (Lipinski definition) is 0. The molecule has 154 valence electrons. The maximum absolute atomic E-state index is 13.3. The Morgan fingerprint density at radius 2 is 1.83 bits per heavy atom. The van der Waals surface area contributed by atoms with Gasteiger partial charge in [0, 0.05) is 30.7 Å². The van der Waals surface area contributed by atoms with Crippen molar-refractivity contribution >= 4 is 33.4 Å². The van der Waals surface area contributed by atoms with Gasteiger partial charge in [0.25, 0.3) is 0 Å². The molecule has 2 amide bonds. The van der Waals surface area contributed by atoms with Crippen LogP contribution in [0.3, 0.4) is 0 Å². The standard InChI is InChI=1S/C22H25BrFN3O2/c1-25(2)13-14-26(15-16-7-9-17(24)10-8-16)21(28)18-11-12-27(22(18)29)20-6-4-3-5-19(20)23/h3-10,18H,11-15H2,1-2H3. The second-order valence-electron chi connectivity index (χ2n) is 7.47. The fraction of sp³-hybridized carbons (Fsp3) is 0.364. The molecule has 29 heavy (non-hydrogen) atoms. The summed E-state index contributed by atoms with van der Waals surface area (Å²) in [5, 5.41) is 0. The lowest BCUT2D eigenvalue weighted by Gasteiger charge is -2.27. The van der Waals surface area contributed by atoms with Crippen LogP contribution < -0.4 is 4.90 Å². The average Bonchev–Trinajstić information content (AvgIpc) is 3.07. The Kier molecular flexibility index (Phi) is 7.03. The van der Waals surface area contributed by atoms with Gasteiger partial charge < -0.3 is 14.7 Å². The summed E-state index contributed by atoms with van der Waals surface area (Å²) in [6.07, 6.45) is 0.487. The fourth-order valence-electron chi connectivity index (χ4n) is 3.44. The molecule has 1 heterocycles. The molecular formula is C22H25BrFN3O2. The fourth-order valence-corrected chi connectivity index (χ4v) is 3.94. The number of benzene rings is 2. The molecule has 0 spiro atoms. The summed E-state index contributed by atoms with van der Waals surface area (Å²) in [7, 11) is 3.88. The molecule has 0 saturated carbocycles. The number of halogens is 2. The monoisotopic (exact) mass is 461 g/mol. The van der Waals surface area contributed by atoms with Crippen molar-refractivity contribution < 1.29 is 14.0 Å². The molecule has 1 fully saturated rings. The van der Waals surface area contributed by atoms with Crippen LogP contribution in [0.2, 0.25) is 0 Å². The maximum Gasteiger partial charge on any atom is 0.239 e. The van der Waals surface area contributed by atoms with Crippen LogP contribution in [-0.2, 0) is 16.1 Å². The van der Waals surface area contributed by atoms with E-state index in [1.165, 1.54) is 12.1 Å². The van der Waals surface area contributed by atoms with E-state index in [0.717, 1.165) is 15.7 Å². The summed E-state index contributed by atoms with van der Waals surface area (Å²) in [5.74, 6) is -1.34. The van der Waals surface area contributed by atoms with Crippen LogP contribution in [-0.4, -0.2) is 55.3 Å². The van der Waals surface area contributed by atoms with Crippen LogP contribution in [0, 0.1) is 11.7 Å². The van der Waals surface area contributed by atoms with Crippen LogP contribution in [0.25, 0.3) is 0 Å². The largest absolute Gasteiger partial charge is 0.336 e. The van der Waals surface area contributed by atoms with Gasteiger partial charge in [-0.2, -0.15) is 0 Å². The van der Waals surface area contributed by atoms with Gasteiger partial charge in [-0.1, -0.05) is 24.3 Å². The zero-order valence-corrected chi connectivity index (χ0v) is 18.2. The van der Waals surface area contributed by atoms with Crippen LogP contribution >= 0.6 is 15.9 Å². The van der Waals surface area contributed by atoms with Crippen molar-refractivity contribution in [2.75, 3.05) is 38.6 Å². The predicted molar refractivity (Wildman–Crippen MR) is 115 cm³/mol. The summed E-state index contributed by atoms with van der Waals surface area (Å²) in [5.41, 5.74) is 1.62. The van der Waals surface area contributed by atoms with Crippen LogP contribution in [0.1, 0.15) is 12.0 Å². The minimum Gasteiger partial charge on any atom is -0.336 e. The Morgan fingerprint density at radius 1 is 1.14 bits per heavy atom. The molecule has 0 N–H and O–H groups in total. The number of hydrogen-bond acceptors (Lipinski definition) is 3. The molecule has 0 aromatic heterocycles. The molecule has 1 unspecified atom stereocenters. The van der Waals surface area contributed by atoms with Crippen molar-refractivity contribution in [1.82, 2.24) is 9.80 Å². The Balaban J connectivity index is 1.77. The third-order valence-corrected chi connectivity index (χ3v) is 5.73. The average molecular weight is 462 g/mol. The highest BCUT2D eigenvalue weighted by atomic mass is 79.9. The minimum absolute atomic E-state index is 0.171. The van der Waals surface area contributed by atoms with Crippen molar-refractivity contribution in [2.24, 2.45) is 5.92 Å². The van der Waals surface area contributed by atoms with Gasteiger partial charge in [0.15, 0.2) is 0 Å². The molecule has 1 saturated heterocycles. The molecule has 0 radical (unpaired) electrons. The lowest BCUT2D eigenvalue weighted by Crippen LogP contribution is -2.42. The minimum atomic E-state index is -0.690. The lowest BCUT2D eigenvalue weighted by atomic mass is 10.1. The zero-order valence-electron chi connectivity index (χ0n) is 16.6. The smallest absolute Gasteiger partial charge is 0.239 e.